The van der Waals surface area contributed by atoms with Crippen LogP contribution in [0, 0.1) is 10.1 Å². The summed E-state index contributed by atoms with van der Waals surface area (Å²) >= 11 is 0. The minimum absolute atomic E-state index is 0.0104. The molecule has 0 spiro atoms. The summed E-state index contributed by atoms with van der Waals surface area (Å²) in [4.78, 5) is 75.2. The van der Waals surface area contributed by atoms with E-state index in [9.17, 15) is 34.4 Å². The molecule has 2 aliphatic rings. The van der Waals surface area contributed by atoms with E-state index in [0.717, 1.165) is 16.7 Å². The Morgan fingerprint density at radius 3 is 2.29 bits per heavy atom. The number of phenols is 1. The highest BCUT2D eigenvalue weighted by atomic mass is 16.6. The molecule has 6 aromatic rings. The van der Waals surface area contributed by atoms with Gasteiger partial charge in [-0.2, -0.15) is 0 Å². The molecule has 2 amide bonds. The smallest absolute Gasteiger partial charge is 0.411 e. The monoisotopic (exact) mass is 882 g/mol. The van der Waals surface area contributed by atoms with Gasteiger partial charge < -0.3 is 43.3 Å². The number of fused-ring (bicyclic) bond motifs is 5. The third-order valence-corrected chi connectivity index (χ3v) is 11.8. The SMILES string of the molecule is CCC1(OC(=O)N(C)CCN(C)C(=O)OC(C)c2ccc([N+](=O)[O-])c(Oc3ccc(-c4ccccc4)cc3)c2)C(=O)OCc2c1cc1n(c2=O)Cc2cc3c(N(C)C)c(O)ccc3nc2-1. The van der Waals surface area contributed by atoms with E-state index in [-0.39, 0.29) is 61.0 Å². The zero-order valence-electron chi connectivity index (χ0n) is 36.6. The van der Waals surface area contributed by atoms with Gasteiger partial charge in [0.25, 0.3) is 5.56 Å². The Bertz CT molecular complexity index is 2940. The maximum absolute atomic E-state index is 14.1. The predicted octanol–water partition coefficient (Wildman–Crippen LogP) is 8.12. The van der Waals surface area contributed by atoms with Crippen LogP contribution in [0.3, 0.4) is 0 Å². The summed E-state index contributed by atoms with van der Waals surface area (Å²) in [5, 5.41) is 23.2. The van der Waals surface area contributed by atoms with Gasteiger partial charge in [-0.25, -0.2) is 19.4 Å². The van der Waals surface area contributed by atoms with Crippen LogP contribution in [0.25, 0.3) is 33.4 Å². The number of benzene rings is 4. The molecule has 4 heterocycles. The molecule has 2 aliphatic heterocycles. The van der Waals surface area contributed by atoms with Crippen molar-refractivity contribution in [2.75, 3.05) is 46.2 Å². The van der Waals surface area contributed by atoms with Crippen molar-refractivity contribution in [3.05, 3.63) is 140 Å². The summed E-state index contributed by atoms with van der Waals surface area (Å²) in [5.41, 5.74) is 3.02. The van der Waals surface area contributed by atoms with Gasteiger partial charge in [0, 0.05) is 63.9 Å². The summed E-state index contributed by atoms with van der Waals surface area (Å²) in [7, 11) is 6.55. The highest BCUT2D eigenvalue weighted by Crippen LogP contribution is 2.43. The molecule has 65 heavy (non-hydrogen) atoms. The number of ether oxygens (including phenoxy) is 4. The van der Waals surface area contributed by atoms with Crippen molar-refractivity contribution in [1.82, 2.24) is 19.4 Å². The van der Waals surface area contributed by atoms with E-state index < -0.39 is 40.3 Å². The van der Waals surface area contributed by atoms with Crippen LogP contribution in [-0.4, -0.2) is 88.8 Å². The molecule has 2 atom stereocenters. The van der Waals surface area contributed by atoms with E-state index >= 15 is 0 Å². The molecule has 0 saturated carbocycles. The molecule has 334 valence electrons. The number of esters is 1. The Balaban J connectivity index is 0.940. The zero-order chi connectivity index (χ0) is 46.3. The number of hydrogen-bond donors (Lipinski definition) is 1. The average molecular weight is 883 g/mol. The van der Waals surface area contributed by atoms with Crippen molar-refractivity contribution < 1.29 is 43.4 Å². The van der Waals surface area contributed by atoms with Crippen LogP contribution in [0.2, 0.25) is 0 Å². The fourth-order valence-corrected chi connectivity index (χ4v) is 8.16. The molecule has 2 unspecified atom stereocenters. The van der Waals surface area contributed by atoms with E-state index in [1.54, 1.807) is 53.6 Å². The topological polar surface area (TPSA) is 196 Å². The molecule has 4 aromatic carbocycles. The Morgan fingerprint density at radius 2 is 1.62 bits per heavy atom. The van der Waals surface area contributed by atoms with Gasteiger partial charge in [0.15, 0.2) is 0 Å². The summed E-state index contributed by atoms with van der Waals surface area (Å²) < 4.78 is 24.7. The number of aromatic hydroxyl groups is 1. The maximum atomic E-state index is 14.1. The Hall–Kier alpha value is -7.95. The molecule has 0 fully saturated rings. The highest BCUT2D eigenvalue weighted by Gasteiger charge is 2.51. The molecule has 0 bridgehead atoms. The van der Waals surface area contributed by atoms with Crippen LogP contribution < -0.4 is 15.2 Å². The molecular weight excluding hydrogens is 837 g/mol. The predicted molar refractivity (Wildman–Crippen MR) is 240 cm³/mol. The van der Waals surface area contributed by atoms with E-state index in [1.807, 2.05) is 62.6 Å². The number of cyclic esters (lactones) is 1. The van der Waals surface area contributed by atoms with Gasteiger partial charge in [-0.3, -0.25) is 14.9 Å². The fraction of sp³-hybridized carbons (Fsp3) is 0.271. The van der Waals surface area contributed by atoms with Crippen LogP contribution in [0.5, 0.6) is 17.2 Å². The third kappa shape index (κ3) is 8.11. The molecule has 1 N–H and O–H groups in total. The van der Waals surface area contributed by atoms with Crippen molar-refractivity contribution >= 4 is 40.4 Å². The highest BCUT2D eigenvalue weighted by molar-refractivity contribution is 5.97. The van der Waals surface area contributed by atoms with Crippen molar-refractivity contribution in [1.29, 1.82) is 0 Å². The van der Waals surface area contributed by atoms with Gasteiger partial charge in [-0.05, 0) is 78.6 Å². The molecule has 17 nitrogen and oxygen atoms in total. The van der Waals surface area contributed by atoms with Crippen LogP contribution in [-0.2, 0) is 37.8 Å². The number of nitro groups is 1. The number of amides is 2. The van der Waals surface area contributed by atoms with Crippen molar-refractivity contribution in [3.63, 3.8) is 0 Å². The van der Waals surface area contributed by atoms with Gasteiger partial charge in [0.05, 0.1) is 39.6 Å². The molecule has 0 saturated heterocycles. The van der Waals surface area contributed by atoms with Gasteiger partial charge in [0.2, 0.25) is 11.4 Å². The number of aromatic nitrogens is 2. The fourth-order valence-electron chi connectivity index (χ4n) is 8.16. The van der Waals surface area contributed by atoms with Gasteiger partial charge in [0.1, 0.15) is 24.2 Å². The lowest BCUT2D eigenvalue weighted by molar-refractivity contribution is -0.385. The van der Waals surface area contributed by atoms with Gasteiger partial charge in [-0.1, -0.05) is 49.4 Å². The van der Waals surface area contributed by atoms with Crippen molar-refractivity contribution in [2.24, 2.45) is 0 Å². The minimum atomic E-state index is -1.96. The maximum Gasteiger partial charge on any atom is 0.411 e. The van der Waals surface area contributed by atoms with Crippen LogP contribution in [0.1, 0.15) is 48.6 Å². The van der Waals surface area contributed by atoms with Crippen LogP contribution >= 0.6 is 0 Å². The lowest BCUT2D eigenvalue weighted by Crippen LogP contribution is -2.49. The second kappa shape index (κ2) is 17.3. The van der Waals surface area contributed by atoms with Crippen molar-refractivity contribution in [2.45, 2.75) is 45.1 Å². The largest absolute Gasteiger partial charge is 0.506 e. The van der Waals surface area contributed by atoms with Gasteiger partial charge in [-0.15, -0.1) is 0 Å². The lowest BCUT2D eigenvalue weighted by atomic mass is 9.85. The third-order valence-electron chi connectivity index (χ3n) is 11.8. The number of phenolic OH excluding ortho intramolecular Hbond substituents is 1. The Kier molecular flexibility index (Phi) is 11.6. The number of likely N-dealkylation sites (N-methyl/N-ethyl adjacent to an activating group) is 2. The summed E-state index contributed by atoms with van der Waals surface area (Å²) in [6, 6.07) is 27.9. The van der Waals surface area contributed by atoms with E-state index in [4.69, 9.17) is 23.9 Å². The first kappa shape index (κ1) is 43.7. The van der Waals surface area contributed by atoms with Gasteiger partial charge >= 0.3 is 23.8 Å². The molecule has 0 aliphatic carbocycles. The average Bonchev–Trinajstić information content (AvgIpc) is 3.66. The van der Waals surface area contributed by atoms with Crippen LogP contribution in [0.4, 0.5) is 21.0 Å². The number of anilines is 1. The Labute approximate surface area is 373 Å². The number of carbonyl (C=O) groups is 3. The number of pyridine rings is 2. The van der Waals surface area contributed by atoms with E-state index in [2.05, 4.69) is 0 Å². The Morgan fingerprint density at radius 1 is 0.923 bits per heavy atom. The van der Waals surface area contributed by atoms with Crippen molar-refractivity contribution in [3.8, 4) is 39.8 Å². The first-order chi connectivity index (χ1) is 31.1. The molecule has 8 rings (SSSR count). The normalized spacial score (nSPS) is 15.2. The van der Waals surface area contributed by atoms with E-state index in [0.29, 0.717) is 39.3 Å². The standard InChI is InChI=1S/C48H46N6O11/c1-7-48(36-25-39-42-32(26-53(39)44(56)35(36)27-62-45(48)57)23-34-37(49-42)18-20-40(55)43(34)50(3)4)65-47(59)52(6)22-21-51(5)46(58)63-28(2)31-15-19-38(54(60)61)41(24-31)64-33-16-13-30(14-17-33)29-11-9-8-10-12-29/h8-20,23-25,28,55H,7,21-22,26-27H2,1-6H3. The number of nitrogens with zero attached hydrogens (tertiary/aromatic N) is 6. The van der Waals surface area contributed by atoms with Crippen LogP contribution in [0.15, 0.2) is 102 Å². The second-order valence-corrected chi connectivity index (χ2v) is 16.2. The van der Waals surface area contributed by atoms with E-state index in [1.165, 1.54) is 42.1 Å². The quantitative estimate of drug-likeness (QED) is 0.0535. The summed E-state index contributed by atoms with van der Waals surface area (Å²) in [6.45, 7) is 3.10. The number of rotatable bonds is 12. The summed E-state index contributed by atoms with van der Waals surface area (Å²) in [5.74, 6) is -0.393. The molecule has 0 radical (unpaired) electrons. The summed E-state index contributed by atoms with van der Waals surface area (Å²) in [6.07, 6.45) is -2.54. The number of hydrogen-bond acceptors (Lipinski definition) is 13. The second-order valence-electron chi connectivity index (χ2n) is 16.2. The number of carbonyl (C=O) groups excluding carboxylic acids is 3. The molecule has 17 heteroatoms. The lowest BCUT2D eigenvalue weighted by Gasteiger charge is -2.36. The molecule has 2 aromatic heterocycles. The number of nitro benzene ring substituents is 1. The molecular formula is C48H46N6O11. The first-order valence-electron chi connectivity index (χ1n) is 20.9. The zero-order valence-corrected chi connectivity index (χ0v) is 36.6. The first-order valence-corrected chi connectivity index (χ1v) is 20.9. The minimum Gasteiger partial charge on any atom is -0.506 e.